The Bertz CT molecular complexity index is 745. The summed E-state index contributed by atoms with van der Waals surface area (Å²) in [5.41, 5.74) is 0.625. The molecule has 0 radical (unpaired) electrons. The molecule has 8 nitrogen and oxygen atoms in total. The van der Waals surface area contributed by atoms with Gasteiger partial charge >= 0.3 is 5.69 Å². The van der Waals surface area contributed by atoms with Gasteiger partial charge in [0, 0.05) is 18.8 Å². The smallest absolute Gasteiger partial charge is 0.353 e. The molecule has 0 spiro atoms. The minimum Gasteiger partial charge on any atom is -0.494 e. The number of benzene rings is 1. The highest BCUT2D eigenvalue weighted by Crippen LogP contribution is 2.35. The second kappa shape index (κ2) is 8.46. The van der Waals surface area contributed by atoms with Gasteiger partial charge in [0.05, 0.1) is 11.5 Å². The molecule has 1 aromatic heterocycles. The first-order valence-corrected chi connectivity index (χ1v) is 8.93. The quantitative estimate of drug-likeness (QED) is 0.435. The van der Waals surface area contributed by atoms with E-state index in [-0.39, 0.29) is 11.5 Å². The number of ether oxygens (including phenoxy) is 1. The third-order valence-electron chi connectivity index (χ3n) is 4.27. The summed E-state index contributed by atoms with van der Waals surface area (Å²) < 4.78 is 5.63. The SMILES string of the molecule is CCCCOc1ccc(Nc2ncnc(N3CCCC3)c2[N+](=O)[O-])cc1. The van der Waals surface area contributed by atoms with E-state index >= 15 is 0 Å². The number of anilines is 3. The largest absolute Gasteiger partial charge is 0.494 e. The van der Waals surface area contributed by atoms with Crippen LogP contribution in [0.15, 0.2) is 30.6 Å². The molecule has 1 aliphatic rings. The van der Waals surface area contributed by atoms with Gasteiger partial charge in [0.2, 0.25) is 11.6 Å². The Hall–Kier alpha value is -2.90. The Balaban J connectivity index is 1.78. The zero-order valence-electron chi connectivity index (χ0n) is 14.9. The van der Waals surface area contributed by atoms with Crippen molar-refractivity contribution in [3.05, 3.63) is 40.7 Å². The minimum atomic E-state index is -0.418. The molecule has 2 heterocycles. The number of aromatic nitrogens is 2. The minimum absolute atomic E-state index is 0.0855. The van der Waals surface area contributed by atoms with Crippen molar-refractivity contribution in [3.63, 3.8) is 0 Å². The Labute approximate surface area is 152 Å². The summed E-state index contributed by atoms with van der Waals surface area (Å²) in [6, 6.07) is 7.32. The fraction of sp³-hybridized carbons (Fsp3) is 0.444. The van der Waals surface area contributed by atoms with Gasteiger partial charge in [-0.3, -0.25) is 10.1 Å². The van der Waals surface area contributed by atoms with E-state index in [1.54, 1.807) is 0 Å². The molecule has 8 heteroatoms. The van der Waals surface area contributed by atoms with Crippen molar-refractivity contribution in [3.8, 4) is 5.75 Å². The number of nitrogens with one attached hydrogen (secondary N) is 1. The predicted octanol–water partition coefficient (Wildman–Crippen LogP) is 3.91. The standard InChI is InChI=1S/C18H23N5O3/c1-2-3-12-26-15-8-6-14(7-9-15)21-17-16(23(24)25)18(20-13-19-17)22-10-4-5-11-22/h6-9,13H,2-5,10-12H2,1H3,(H,19,20,21). The van der Waals surface area contributed by atoms with Crippen molar-refractivity contribution in [2.75, 3.05) is 29.9 Å². The number of hydrogen-bond donors (Lipinski definition) is 1. The molecule has 0 aliphatic carbocycles. The molecular formula is C18H23N5O3. The maximum Gasteiger partial charge on any atom is 0.353 e. The van der Waals surface area contributed by atoms with Gasteiger partial charge in [0.25, 0.3) is 0 Å². The Morgan fingerprint density at radius 2 is 1.96 bits per heavy atom. The number of nitro groups is 1. The van der Waals surface area contributed by atoms with Crippen LogP contribution >= 0.6 is 0 Å². The highest BCUT2D eigenvalue weighted by molar-refractivity contribution is 5.74. The molecule has 3 rings (SSSR count). The van der Waals surface area contributed by atoms with Crippen LogP contribution < -0.4 is 15.0 Å². The zero-order valence-corrected chi connectivity index (χ0v) is 14.9. The third-order valence-corrected chi connectivity index (χ3v) is 4.27. The van der Waals surface area contributed by atoms with E-state index in [2.05, 4.69) is 22.2 Å². The first kappa shape index (κ1) is 17.9. The molecule has 0 unspecified atom stereocenters. The maximum absolute atomic E-state index is 11.6. The highest BCUT2D eigenvalue weighted by Gasteiger charge is 2.28. The topological polar surface area (TPSA) is 93.4 Å². The number of nitrogens with zero attached hydrogens (tertiary/aromatic N) is 4. The molecule has 1 fully saturated rings. The molecule has 138 valence electrons. The van der Waals surface area contributed by atoms with Gasteiger partial charge in [0.1, 0.15) is 12.1 Å². The molecule has 2 aromatic rings. The lowest BCUT2D eigenvalue weighted by molar-refractivity contribution is -0.383. The van der Waals surface area contributed by atoms with E-state index in [4.69, 9.17) is 4.74 Å². The van der Waals surface area contributed by atoms with E-state index in [0.29, 0.717) is 18.1 Å². The van der Waals surface area contributed by atoms with Crippen molar-refractivity contribution < 1.29 is 9.66 Å². The molecule has 26 heavy (non-hydrogen) atoms. The van der Waals surface area contributed by atoms with Gasteiger partial charge in [-0.05, 0) is 43.5 Å². The molecule has 1 saturated heterocycles. The van der Waals surface area contributed by atoms with Gasteiger partial charge in [-0.1, -0.05) is 13.3 Å². The lowest BCUT2D eigenvalue weighted by atomic mass is 10.3. The summed E-state index contributed by atoms with van der Waals surface area (Å²) in [7, 11) is 0. The van der Waals surface area contributed by atoms with Crippen LogP contribution in [-0.2, 0) is 0 Å². The lowest BCUT2D eigenvalue weighted by Crippen LogP contribution is -2.21. The average molecular weight is 357 g/mol. The highest BCUT2D eigenvalue weighted by atomic mass is 16.6. The van der Waals surface area contributed by atoms with E-state index < -0.39 is 4.92 Å². The summed E-state index contributed by atoms with van der Waals surface area (Å²) in [6.45, 7) is 4.35. The molecular weight excluding hydrogens is 334 g/mol. The van der Waals surface area contributed by atoms with E-state index in [1.807, 2.05) is 29.2 Å². The van der Waals surface area contributed by atoms with Crippen LogP contribution in [0.25, 0.3) is 0 Å². The van der Waals surface area contributed by atoms with Gasteiger partial charge in [-0.25, -0.2) is 9.97 Å². The molecule has 0 atom stereocenters. The fourth-order valence-corrected chi connectivity index (χ4v) is 2.89. The van der Waals surface area contributed by atoms with Crippen molar-refractivity contribution in [2.24, 2.45) is 0 Å². The van der Waals surface area contributed by atoms with Crippen LogP contribution in [0.2, 0.25) is 0 Å². The zero-order chi connectivity index (χ0) is 18.4. The van der Waals surface area contributed by atoms with Gasteiger partial charge < -0.3 is 15.0 Å². The third kappa shape index (κ3) is 4.19. The molecule has 0 saturated carbocycles. The van der Waals surface area contributed by atoms with Crippen LogP contribution in [0, 0.1) is 10.1 Å². The van der Waals surface area contributed by atoms with Crippen LogP contribution in [0.3, 0.4) is 0 Å². The van der Waals surface area contributed by atoms with Crippen molar-refractivity contribution in [1.82, 2.24) is 9.97 Å². The first-order chi connectivity index (χ1) is 12.7. The van der Waals surface area contributed by atoms with E-state index in [9.17, 15) is 10.1 Å². The second-order valence-corrected chi connectivity index (χ2v) is 6.20. The summed E-state index contributed by atoms with van der Waals surface area (Å²) in [5.74, 6) is 1.36. The normalized spacial score (nSPS) is 13.7. The van der Waals surface area contributed by atoms with Gasteiger partial charge in [-0.15, -0.1) is 0 Å². The molecule has 1 N–H and O–H groups in total. The van der Waals surface area contributed by atoms with Crippen LogP contribution in [0.1, 0.15) is 32.6 Å². The fourth-order valence-electron chi connectivity index (χ4n) is 2.89. The van der Waals surface area contributed by atoms with E-state index in [1.165, 1.54) is 6.33 Å². The number of rotatable bonds is 8. The van der Waals surface area contributed by atoms with Crippen molar-refractivity contribution >= 4 is 23.0 Å². The Morgan fingerprint density at radius 1 is 1.23 bits per heavy atom. The predicted molar refractivity (Wildman–Crippen MR) is 100 cm³/mol. The number of unbranched alkanes of at least 4 members (excludes halogenated alkanes) is 1. The summed E-state index contributed by atoms with van der Waals surface area (Å²) in [5, 5.41) is 14.7. The van der Waals surface area contributed by atoms with Crippen LogP contribution in [0.5, 0.6) is 5.75 Å². The second-order valence-electron chi connectivity index (χ2n) is 6.20. The summed E-state index contributed by atoms with van der Waals surface area (Å²) >= 11 is 0. The average Bonchev–Trinajstić information content (AvgIpc) is 3.17. The summed E-state index contributed by atoms with van der Waals surface area (Å²) in [6.07, 6.45) is 5.49. The Kier molecular flexibility index (Phi) is 5.83. The Morgan fingerprint density at radius 3 is 2.62 bits per heavy atom. The maximum atomic E-state index is 11.6. The van der Waals surface area contributed by atoms with Crippen molar-refractivity contribution in [2.45, 2.75) is 32.6 Å². The molecule has 0 bridgehead atoms. The molecule has 1 aromatic carbocycles. The van der Waals surface area contributed by atoms with Crippen LogP contribution in [-0.4, -0.2) is 34.6 Å². The first-order valence-electron chi connectivity index (χ1n) is 8.93. The number of hydrogen-bond acceptors (Lipinski definition) is 7. The molecule has 0 amide bonds. The molecule has 1 aliphatic heterocycles. The lowest BCUT2D eigenvalue weighted by Gasteiger charge is -2.17. The summed E-state index contributed by atoms with van der Waals surface area (Å²) in [4.78, 5) is 21.4. The van der Waals surface area contributed by atoms with Crippen molar-refractivity contribution in [1.29, 1.82) is 0 Å². The monoisotopic (exact) mass is 357 g/mol. The van der Waals surface area contributed by atoms with Crippen LogP contribution in [0.4, 0.5) is 23.0 Å². The van der Waals surface area contributed by atoms with Gasteiger partial charge in [-0.2, -0.15) is 0 Å². The van der Waals surface area contributed by atoms with Gasteiger partial charge in [0.15, 0.2) is 0 Å². The van der Waals surface area contributed by atoms with E-state index in [0.717, 1.165) is 44.5 Å².